The van der Waals surface area contributed by atoms with Crippen molar-refractivity contribution in [2.45, 2.75) is 56.2 Å². The second-order valence-electron chi connectivity index (χ2n) is 8.32. The first-order valence-electron chi connectivity index (χ1n) is 10.0. The maximum absolute atomic E-state index is 13.2. The molecule has 2 bridgehead atoms. The number of aliphatic hydroxyl groups excluding tert-OH is 1. The second-order valence-corrected chi connectivity index (χ2v) is 9.58. The maximum Gasteiger partial charge on any atom is 0.280 e. The van der Waals surface area contributed by atoms with Gasteiger partial charge in [0.25, 0.3) is 11.8 Å². The summed E-state index contributed by atoms with van der Waals surface area (Å²) in [6.45, 7) is 1.56. The number of nitrogens with one attached hydrogen (secondary N) is 2. The zero-order valence-corrected chi connectivity index (χ0v) is 18.5. The van der Waals surface area contributed by atoms with Crippen LogP contribution in [0.15, 0.2) is 23.6 Å². The van der Waals surface area contributed by atoms with Crippen molar-refractivity contribution in [2.75, 3.05) is 6.61 Å². The van der Waals surface area contributed by atoms with Crippen molar-refractivity contribution in [1.29, 1.82) is 0 Å². The van der Waals surface area contributed by atoms with Gasteiger partial charge >= 0.3 is 0 Å². The largest absolute Gasteiger partial charge is 0.484 e. The average Bonchev–Trinajstić information content (AvgIpc) is 3.17. The summed E-state index contributed by atoms with van der Waals surface area (Å²) in [6, 6.07) is 3.87. The van der Waals surface area contributed by atoms with E-state index in [1.807, 2.05) is 12.3 Å². The number of amides is 2. The number of nitrogens with zero attached hydrogens (tertiary/aromatic N) is 1. The zero-order chi connectivity index (χ0) is 22.2. The van der Waals surface area contributed by atoms with Crippen molar-refractivity contribution >= 4 is 34.8 Å². The van der Waals surface area contributed by atoms with Crippen LogP contribution in [-0.2, 0) is 4.79 Å². The number of ether oxygens (including phenoxy) is 1. The summed E-state index contributed by atoms with van der Waals surface area (Å²) in [5.41, 5.74) is -0.443. The molecule has 1 heterocycles. The number of carbonyl (C=O) groups excluding carboxylic acids is 2. The lowest BCUT2D eigenvalue weighted by Crippen LogP contribution is -2.70. The fourth-order valence-electron chi connectivity index (χ4n) is 4.44. The van der Waals surface area contributed by atoms with E-state index < -0.39 is 23.0 Å². The van der Waals surface area contributed by atoms with Gasteiger partial charge in [-0.2, -0.15) is 0 Å². The molecule has 31 heavy (non-hydrogen) atoms. The Morgan fingerprint density at radius 1 is 1.32 bits per heavy atom. The smallest absolute Gasteiger partial charge is 0.280 e. The minimum atomic E-state index is -0.794. The second kappa shape index (κ2) is 8.37. The Hall–Kier alpha value is -2.23. The molecule has 1 aromatic heterocycles. The molecule has 7 nitrogen and oxygen atoms in total. The normalized spacial score (nSPS) is 27.0. The highest BCUT2D eigenvalue weighted by Gasteiger charge is 2.55. The Morgan fingerprint density at radius 3 is 2.68 bits per heavy atom. The van der Waals surface area contributed by atoms with Crippen molar-refractivity contribution in [3.05, 3.63) is 45.1 Å². The predicted octanol–water partition coefficient (Wildman–Crippen LogP) is 2.99. The Bertz CT molecular complexity index is 1010. The van der Waals surface area contributed by atoms with Gasteiger partial charge in [-0.1, -0.05) is 11.6 Å². The molecular formula is C21H23ClFN3O4S. The summed E-state index contributed by atoms with van der Waals surface area (Å²) in [5, 5.41) is 19.0. The monoisotopic (exact) mass is 467 g/mol. The molecule has 3 fully saturated rings. The number of halogens is 2. The molecule has 10 heteroatoms. The van der Waals surface area contributed by atoms with Crippen LogP contribution in [0.25, 0.3) is 0 Å². The fraction of sp³-hybridized carbons (Fsp3) is 0.476. The summed E-state index contributed by atoms with van der Waals surface area (Å²) in [5.74, 6) is -0.886. The topological polar surface area (TPSA) is 101 Å². The number of fused-ring (bicyclic) bond motifs is 3. The van der Waals surface area contributed by atoms with Gasteiger partial charge in [-0.05, 0) is 51.2 Å². The van der Waals surface area contributed by atoms with Crippen molar-refractivity contribution in [2.24, 2.45) is 0 Å². The summed E-state index contributed by atoms with van der Waals surface area (Å²) in [7, 11) is 0. The minimum absolute atomic E-state index is 0.0854. The molecule has 3 saturated carbocycles. The SMILES string of the molecule is Cc1csc(C(=O)NC23CCC(NC(=O)COc4ccc(F)c(Cl)c4)(CC2)[C@@H](O)C3)n1. The van der Waals surface area contributed by atoms with Crippen LogP contribution < -0.4 is 15.4 Å². The highest BCUT2D eigenvalue weighted by molar-refractivity contribution is 7.11. The Kier molecular flexibility index (Phi) is 5.93. The van der Waals surface area contributed by atoms with E-state index in [0.29, 0.717) is 37.1 Å². The third-order valence-corrected chi connectivity index (χ3v) is 7.41. The van der Waals surface area contributed by atoms with Gasteiger partial charge in [-0.15, -0.1) is 11.3 Å². The number of hydrogen-bond acceptors (Lipinski definition) is 6. The molecule has 3 aliphatic carbocycles. The molecule has 3 N–H and O–H groups in total. The standard InChI is InChI=1S/C21H23ClFN3O4S/c1-12-11-31-19(24-12)18(29)26-20-4-6-21(7-5-20,16(27)9-20)25-17(28)10-30-13-2-3-15(23)14(22)8-13/h2-3,8,11,16,27H,4-7,9-10H2,1H3,(H,25,28)(H,26,29)/t16-,20?,21?/m0/s1. The van der Waals surface area contributed by atoms with Crippen LogP contribution in [0.4, 0.5) is 4.39 Å². The molecule has 0 aliphatic heterocycles. The molecule has 1 aromatic carbocycles. The first-order valence-corrected chi connectivity index (χ1v) is 11.3. The minimum Gasteiger partial charge on any atom is -0.484 e. The van der Waals surface area contributed by atoms with E-state index in [-0.39, 0.29) is 29.2 Å². The molecule has 2 aromatic rings. The Morgan fingerprint density at radius 2 is 2.06 bits per heavy atom. The third-order valence-electron chi connectivity index (χ3n) is 6.16. The van der Waals surface area contributed by atoms with Gasteiger partial charge in [0, 0.05) is 22.7 Å². The molecular weight excluding hydrogens is 445 g/mol. The Balaban J connectivity index is 1.34. The van der Waals surface area contributed by atoms with E-state index in [0.717, 1.165) is 5.69 Å². The molecule has 166 valence electrons. The summed E-state index contributed by atoms with van der Waals surface area (Å²) >= 11 is 7.02. The summed E-state index contributed by atoms with van der Waals surface area (Å²) in [4.78, 5) is 29.3. The molecule has 2 amide bonds. The van der Waals surface area contributed by atoms with Crippen molar-refractivity contribution in [3.8, 4) is 5.75 Å². The number of hydrogen-bond donors (Lipinski definition) is 3. The fourth-order valence-corrected chi connectivity index (χ4v) is 5.30. The van der Waals surface area contributed by atoms with Crippen LogP contribution >= 0.6 is 22.9 Å². The van der Waals surface area contributed by atoms with Gasteiger partial charge in [-0.25, -0.2) is 9.37 Å². The van der Waals surface area contributed by atoms with Gasteiger partial charge < -0.3 is 20.5 Å². The summed E-state index contributed by atoms with van der Waals surface area (Å²) in [6.07, 6.45) is 1.94. The molecule has 0 spiro atoms. The number of aryl methyl sites for hydroxylation is 1. The molecule has 3 aliphatic rings. The highest BCUT2D eigenvalue weighted by Crippen LogP contribution is 2.47. The van der Waals surface area contributed by atoms with E-state index in [1.165, 1.54) is 29.5 Å². The number of aliphatic hydroxyl groups is 1. The zero-order valence-electron chi connectivity index (χ0n) is 16.9. The maximum atomic E-state index is 13.2. The number of aromatic nitrogens is 1. The lowest BCUT2D eigenvalue weighted by Gasteiger charge is -2.56. The number of benzene rings is 1. The van der Waals surface area contributed by atoms with E-state index in [4.69, 9.17) is 16.3 Å². The van der Waals surface area contributed by atoms with E-state index in [1.54, 1.807) is 0 Å². The van der Waals surface area contributed by atoms with E-state index in [2.05, 4.69) is 15.6 Å². The first kappa shape index (κ1) is 22.0. The van der Waals surface area contributed by atoms with E-state index in [9.17, 15) is 19.1 Å². The number of rotatable bonds is 6. The van der Waals surface area contributed by atoms with Crippen molar-refractivity contribution in [1.82, 2.24) is 15.6 Å². The quantitative estimate of drug-likeness (QED) is 0.606. The Labute approximate surface area is 188 Å². The first-order chi connectivity index (χ1) is 14.7. The van der Waals surface area contributed by atoms with Gasteiger partial charge in [0.05, 0.1) is 16.7 Å². The van der Waals surface area contributed by atoms with E-state index >= 15 is 0 Å². The van der Waals surface area contributed by atoms with Gasteiger partial charge in [-0.3, -0.25) is 9.59 Å². The lowest BCUT2D eigenvalue weighted by atomic mass is 9.60. The molecule has 0 saturated heterocycles. The van der Waals surface area contributed by atoms with Gasteiger partial charge in [0.2, 0.25) is 0 Å². The third kappa shape index (κ3) is 4.53. The van der Waals surface area contributed by atoms with Crippen LogP contribution in [0.3, 0.4) is 0 Å². The van der Waals surface area contributed by atoms with Crippen molar-refractivity contribution in [3.63, 3.8) is 0 Å². The summed E-state index contributed by atoms with van der Waals surface area (Å²) < 4.78 is 18.6. The van der Waals surface area contributed by atoms with Crippen LogP contribution in [-0.4, -0.2) is 45.7 Å². The lowest BCUT2D eigenvalue weighted by molar-refractivity contribution is -0.132. The van der Waals surface area contributed by atoms with Gasteiger partial charge in [0.15, 0.2) is 11.6 Å². The van der Waals surface area contributed by atoms with Gasteiger partial charge in [0.1, 0.15) is 11.6 Å². The number of thiazole rings is 1. The van der Waals surface area contributed by atoms with Crippen LogP contribution in [0.2, 0.25) is 5.02 Å². The predicted molar refractivity (Wildman–Crippen MR) is 114 cm³/mol. The van der Waals surface area contributed by atoms with Crippen LogP contribution in [0, 0.1) is 12.7 Å². The average molecular weight is 468 g/mol. The highest BCUT2D eigenvalue weighted by atomic mass is 35.5. The van der Waals surface area contributed by atoms with Crippen molar-refractivity contribution < 1.29 is 23.8 Å². The molecule has 0 radical (unpaired) electrons. The van der Waals surface area contributed by atoms with Crippen LogP contribution in [0.5, 0.6) is 5.75 Å². The molecule has 1 atom stereocenters. The molecule has 0 unspecified atom stereocenters. The van der Waals surface area contributed by atoms with Crippen LogP contribution in [0.1, 0.15) is 47.6 Å². The number of carbonyl (C=O) groups is 2. The molecule has 5 rings (SSSR count).